The quantitative estimate of drug-likeness (QED) is 0.556. The van der Waals surface area contributed by atoms with Gasteiger partial charge in [-0.1, -0.05) is 25.1 Å². The third-order valence-corrected chi connectivity index (χ3v) is 4.49. The first-order valence-corrected chi connectivity index (χ1v) is 8.77. The summed E-state index contributed by atoms with van der Waals surface area (Å²) in [6, 6.07) is 8.06. The molecule has 0 saturated heterocycles. The molecule has 142 valence electrons. The third-order valence-electron chi connectivity index (χ3n) is 4.49. The fraction of sp³-hybridized carbons (Fsp3) is 0.500. The highest BCUT2D eigenvalue weighted by Gasteiger charge is 2.35. The summed E-state index contributed by atoms with van der Waals surface area (Å²) in [6.45, 7) is 4.22. The molecule has 1 aromatic rings. The number of anilines is 1. The number of carbonyl (C=O) groups excluding carboxylic acids is 2. The summed E-state index contributed by atoms with van der Waals surface area (Å²) in [7, 11) is 0. The Bertz CT molecular complexity index is 631. The average molecular weight is 362 g/mol. The Labute approximate surface area is 152 Å². The normalized spacial score (nSPS) is 20.0. The van der Waals surface area contributed by atoms with Crippen LogP contribution >= 0.6 is 0 Å². The van der Waals surface area contributed by atoms with Crippen LogP contribution in [-0.4, -0.2) is 59.1 Å². The van der Waals surface area contributed by atoms with Gasteiger partial charge < -0.3 is 21.1 Å². The summed E-state index contributed by atoms with van der Waals surface area (Å²) < 4.78 is 0. The van der Waals surface area contributed by atoms with Crippen LogP contribution in [0, 0.1) is 0 Å². The van der Waals surface area contributed by atoms with Gasteiger partial charge in [-0.2, -0.15) is 0 Å². The Morgan fingerprint density at radius 1 is 1.23 bits per heavy atom. The largest absolute Gasteiger partial charge is 0.480 e. The smallest absolute Gasteiger partial charge is 0.319 e. The van der Waals surface area contributed by atoms with E-state index in [1.165, 1.54) is 0 Å². The Hall–Kier alpha value is -2.61. The van der Waals surface area contributed by atoms with E-state index in [0.29, 0.717) is 12.2 Å². The number of hydrogen-bond acceptors (Lipinski definition) is 4. The second-order valence-electron chi connectivity index (χ2n) is 6.47. The molecule has 26 heavy (non-hydrogen) atoms. The highest BCUT2D eigenvalue weighted by molar-refractivity contribution is 5.93. The highest BCUT2D eigenvalue weighted by Crippen LogP contribution is 2.25. The topological polar surface area (TPSA) is 111 Å². The summed E-state index contributed by atoms with van der Waals surface area (Å²) in [6.07, 6.45) is 1.44. The Kier molecular flexibility index (Phi) is 6.97. The summed E-state index contributed by atoms with van der Waals surface area (Å²) in [5, 5.41) is 17.1. The molecule has 1 fully saturated rings. The van der Waals surface area contributed by atoms with Crippen LogP contribution in [0.1, 0.15) is 26.7 Å². The molecule has 1 aromatic carbocycles. The molecule has 2 rings (SSSR count). The predicted octanol–water partition coefficient (Wildman–Crippen LogP) is 1.25. The number of carbonyl (C=O) groups is 3. The van der Waals surface area contributed by atoms with Crippen molar-refractivity contribution in [2.24, 2.45) is 0 Å². The number of amides is 3. The number of hydrogen-bond donors (Lipinski definition) is 4. The van der Waals surface area contributed by atoms with Crippen molar-refractivity contribution in [2.75, 3.05) is 18.4 Å². The molecular formula is C18H26N4O4. The molecule has 4 N–H and O–H groups in total. The fourth-order valence-electron chi connectivity index (χ4n) is 2.95. The zero-order valence-electron chi connectivity index (χ0n) is 15.1. The molecule has 0 aromatic heterocycles. The van der Waals surface area contributed by atoms with Crippen molar-refractivity contribution in [3.8, 4) is 0 Å². The third kappa shape index (κ3) is 5.73. The van der Waals surface area contributed by atoms with Crippen LogP contribution in [0.25, 0.3) is 0 Å². The van der Waals surface area contributed by atoms with Crippen LogP contribution in [0.15, 0.2) is 30.3 Å². The number of para-hydroxylation sites is 1. The first kappa shape index (κ1) is 19.7. The van der Waals surface area contributed by atoms with Crippen molar-refractivity contribution in [1.29, 1.82) is 0 Å². The van der Waals surface area contributed by atoms with Gasteiger partial charge >= 0.3 is 12.0 Å². The van der Waals surface area contributed by atoms with Gasteiger partial charge in [0.1, 0.15) is 6.04 Å². The van der Waals surface area contributed by atoms with Crippen molar-refractivity contribution in [3.05, 3.63) is 30.3 Å². The van der Waals surface area contributed by atoms with E-state index in [4.69, 9.17) is 5.11 Å². The van der Waals surface area contributed by atoms with Crippen LogP contribution < -0.4 is 16.0 Å². The lowest BCUT2D eigenvalue weighted by molar-refractivity contribution is -0.139. The van der Waals surface area contributed by atoms with Crippen LogP contribution in [0.3, 0.4) is 0 Å². The molecule has 0 heterocycles. The second-order valence-corrected chi connectivity index (χ2v) is 6.47. The molecule has 1 aliphatic rings. The molecule has 1 saturated carbocycles. The number of likely N-dealkylation sites (N-methyl/N-ethyl adjacent to an activating group) is 1. The minimum atomic E-state index is -0.846. The van der Waals surface area contributed by atoms with Crippen molar-refractivity contribution in [1.82, 2.24) is 15.5 Å². The maximum atomic E-state index is 12.2. The van der Waals surface area contributed by atoms with Gasteiger partial charge in [-0.05, 0) is 38.4 Å². The molecule has 0 aliphatic heterocycles. The van der Waals surface area contributed by atoms with Gasteiger partial charge in [0.2, 0.25) is 5.91 Å². The first-order chi connectivity index (χ1) is 12.4. The molecule has 0 bridgehead atoms. The van der Waals surface area contributed by atoms with Crippen LogP contribution in [0.5, 0.6) is 0 Å². The summed E-state index contributed by atoms with van der Waals surface area (Å²) in [5.74, 6) is -1.10. The average Bonchev–Trinajstić information content (AvgIpc) is 2.56. The van der Waals surface area contributed by atoms with E-state index in [1.807, 2.05) is 30.0 Å². The summed E-state index contributed by atoms with van der Waals surface area (Å²) in [4.78, 5) is 36.8. The van der Waals surface area contributed by atoms with Crippen molar-refractivity contribution < 1.29 is 19.5 Å². The number of carboxylic acids is 1. The number of nitrogens with zero attached hydrogens (tertiary/aromatic N) is 1. The minimum absolute atomic E-state index is 0.0109. The molecule has 1 atom stereocenters. The van der Waals surface area contributed by atoms with Gasteiger partial charge in [0, 0.05) is 17.8 Å². The zero-order valence-corrected chi connectivity index (χ0v) is 15.1. The lowest BCUT2D eigenvalue weighted by Crippen LogP contribution is -2.57. The van der Waals surface area contributed by atoms with Crippen LogP contribution in [-0.2, 0) is 9.59 Å². The van der Waals surface area contributed by atoms with Crippen molar-refractivity contribution in [2.45, 2.75) is 44.8 Å². The molecule has 0 radical (unpaired) electrons. The van der Waals surface area contributed by atoms with Crippen molar-refractivity contribution in [3.63, 3.8) is 0 Å². The zero-order chi connectivity index (χ0) is 19.1. The standard InChI is InChI=1S/C18H26N4O4/c1-3-22(11-16(23)24)15-9-14(10-15)20-17(25)12(2)19-18(26)21-13-7-5-4-6-8-13/h4-8,12,14-15H,3,9-11H2,1-2H3,(H,20,25)(H,23,24)(H2,19,21,26). The van der Waals surface area contributed by atoms with Gasteiger partial charge in [-0.25, -0.2) is 4.79 Å². The molecular weight excluding hydrogens is 336 g/mol. The molecule has 0 spiro atoms. The number of urea groups is 1. The molecule has 8 heteroatoms. The monoisotopic (exact) mass is 362 g/mol. The molecule has 8 nitrogen and oxygen atoms in total. The lowest BCUT2D eigenvalue weighted by Gasteiger charge is -2.42. The van der Waals surface area contributed by atoms with Gasteiger partial charge in [0.15, 0.2) is 0 Å². The number of benzene rings is 1. The lowest BCUT2D eigenvalue weighted by atomic mass is 9.85. The predicted molar refractivity (Wildman–Crippen MR) is 97.9 cm³/mol. The number of nitrogens with one attached hydrogen (secondary N) is 3. The summed E-state index contributed by atoms with van der Waals surface area (Å²) >= 11 is 0. The van der Waals surface area contributed by atoms with Crippen molar-refractivity contribution >= 4 is 23.6 Å². The maximum Gasteiger partial charge on any atom is 0.319 e. The Morgan fingerprint density at radius 2 is 1.88 bits per heavy atom. The van der Waals surface area contributed by atoms with E-state index >= 15 is 0 Å². The van der Waals surface area contributed by atoms with E-state index in [-0.39, 0.29) is 24.5 Å². The minimum Gasteiger partial charge on any atom is -0.480 e. The summed E-state index contributed by atoms with van der Waals surface area (Å²) in [5.41, 5.74) is 0.650. The number of carboxylic acid groups (broad SMARTS) is 1. The second kappa shape index (κ2) is 9.19. The van der Waals surface area contributed by atoms with E-state index < -0.39 is 18.0 Å². The fourth-order valence-corrected chi connectivity index (χ4v) is 2.95. The Balaban J connectivity index is 1.71. The number of rotatable bonds is 8. The van der Waals surface area contributed by atoms with E-state index in [0.717, 1.165) is 12.8 Å². The Morgan fingerprint density at radius 3 is 2.46 bits per heavy atom. The molecule has 1 unspecified atom stereocenters. The molecule has 1 aliphatic carbocycles. The van der Waals surface area contributed by atoms with Gasteiger partial charge in [-0.15, -0.1) is 0 Å². The van der Waals surface area contributed by atoms with Gasteiger partial charge in [0.25, 0.3) is 0 Å². The molecule has 3 amide bonds. The van der Waals surface area contributed by atoms with E-state index in [1.54, 1.807) is 19.1 Å². The SMILES string of the molecule is CCN(CC(=O)O)C1CC(NC(=O)C(C)NC(=O)Nc2ccccc2)C1. The van der Waals surface area contributed by atoms with E-state index in [9.17, 15) is 14.4 Å². The van der Waals surface area contributed by atoms with Crippen LogP contribution in [0.2, 0.25) is 0 Å². The number of aliphatic carboxylic acids is 1. The van der Waals surface area contributed by atoms with E-state index in [2.05, 4.69) is 16.0 Å². The van der Waals surface area contributed by atoms with Gasteiger partial charge in [-0.3, -0.25) is 14.5 Å². The van der Waals surface area contributed by atoms with Crippen LogP contribution in [0.4, 0.5) is 10.5 Å². The first-order valence-electron chi connectivity index (χ1n) is 8.77. The van der Waals surface area contributed by atoms with Gasteiger partial charge in [0.05, 0.1) is 6.54 Å². The highest BCUT2D eigenvalue weighted by atomic mass is 16.4. The maximum absolute atomic E-state index is 12.2.